The van der Waals surface area contributed by atoms with Crippen LogP contribution in [0.15, 0.2) is 30.6 Å². The molecular weight excluding hydrogens is 252 g/mol. The van der Waals surface area contributed by atoms with Gasteiger partial charge in [0.05, 0.1) is 23.1 Å². The first-order valence-corrected chi connectivity index (χ1v) is 5.73. The third-order valence-electron chi connectivity index (χ3n) is 2.32. The Bertz CT molecular complexity index is 530. The van der Waals surface area contributed by atoms with Crippen LogP contribution in [0.5, 0.6) is 5.75 Å². The normalized spacial score (nSPS) is 10.2. The van der Waals surface area contributed by atoms with Crippen molar-refractivity contribution >= 4 is 17.4 Å². The number of benzene rings is 1. The highest BCUT2D eigenvalue weighted by molar-refractivity contribution is 6.32. The lowest BCUT2D eigenvalue weighted by molar-refractivity contribution is 0.301. The van der Waals surface area contributed by atoms with Crippen LogP contribution in [0.4, 0.5) is 5.82 Å². The van der Waals surface area contributed by atoms with Crippen LogP contribution in [-0.4, -0.2) is 9.97 Å². The van der Waals surface area contributed by atoms with Crippen molar-refractivity contribution < 1.29 is 4.74 Å². The molecule has 0 atom stereocenters. The van der Waals surface area contributed by atoms with E-state index in [9.17, 15) is 0 Å². The molecule has 0 aliphatic heterocycles. The van der Waals surface area contributed by atoms with E-state index in [1.165, 1.54) is 6.20 Å². The second-order valence-electron chi connectivity index (χ2n) is 3.76. The second-order valence-corrected chi connectivity index (χ2v) is 4.17. The molecule has 0 saturated heterocycles. The largest absolute Gasteiger partial charge is 0.486 e. The lowest BCUT2D eigenvalue weighted by atomic mass is 10.2. The summed E-state index contributed by atoms with van der Waals surface area (Å²) in [7, 11) is 0. The van der Waals surface area contributed by atoms with Gasteiger partial charge in [-0.25, -0.2) is 10.8 Å². The highest BCUT2D eigenvalue weighted by atomic mass is 35.5. The molecule has 1 heterocycles. The predicted molar refractivity (Wildman–Crippen MR) is 70.4 cm³/mol. The molecule has 0 bridgehead atoms. The fourth-order valence-electron chi connectivity index (χ4n) is 1.38. The van der Waals surface area contributed by atoms with Crippen molar-refractivity contribution in [2.24, 2.45) is 5.84 Å². The van der Waals surface area contributed by atoms with E-state index in [0.717, 1.165) is 5.56 Å². The maximum atomic E-state index is 6.06. The fourth-order valence-corrected chi connectivity index (χ4v) is 1.67. The number of hydrogen-bond acceptors (Lipinski definition) is 5. The van der Waals surface area contributed by atoms with Crippen molar-refractivity contribution in [2.45, 2.75) is 13.5 Å². The first kappa shape index (κ1) is 12.6. The molecule has 0 amide bonds. The Balaban J connectivity index is 2.02. The molecule has 2 rings (SSSR count). The molecule has 94 valence electrons. The van der Waals surface area contributed by atoms with Crippen molar-refractivity contribution in [3.8, 4) is 5.75 Å². The molecule has 2 aromatic rings. The van der Waals surface area contributed by atoms with Gasteiger partial charge >= 0.3 is 0 Å². The zero-order chi connectivity index (χ0) is 13.0. The molecule has 1 aromatic heterocycles. The summed E-state index contributed by atoms with van der Waals surface area (Å²) < 4.78 is 5.57. The minimum absolute atomic E-state index is 0.306. The Morgan fingerprint density at radius 1 is 1.33 bits per heavy atom. The minimum Gasteiger partial charge on any atom is -0.486 e. The summed E-state index contributed by atoms with van der Waals surface area (Å²) in [6.07, 6.45) is 3.13. The average molecular weight is 265 g/mol. The zero-order valence-corrected chi connectivity index (χ0v) is 10.6. The molecule has 0 fully saturated rings. The minimum atomic E-state index is 0.306. The summed E-state index contributed by atoms with van der Waals surface area (Å²) in [5.41, 5.74) is 4.20. The second kappa shape index (κ2) is 5.66. The fraction of sp³-hybridized carbons (Fsp3) is 0.167. The molecule has 0 spiro atoms. The van der Waals surface area contributed by atoms with Gasteiger partial charge in [0.1, 0.15) is 12.4 Å². The maximum Gasteiger partial charge on any atom is 0.158 e. The van der Waals surface area contributed by atoms with Crippen LogP contribution in [-0.2, 0) is 6.61 Å². The quantitative estimate of drug-likeness (QED) is 0.655. The molecule has 18 heavy (non-hydrogen) atoms. The third kappa shape index (κ3) is 3.09. The highest BCUT2D eigenvalue weighted by Gasteiger charge is 2.03. The van der Waals surface area contributed by atoms with Crippen LogP contribution < -0.4 is 16.0 Å². The number of ether oxygens (including phenoxy) is 1. The molecule has 5 nitrogen and oxygen atoms in total. The predicted octanol–water partition coefficient (Wildman–Crippen LogP) is 2.30. The Morgan fingerprint density at radius 3 is 2.78 bits per heavy atom. The SMILES string of the molecule is Cc1ccc(OCc2cnc(NN)cn2)c(Cl)c1. The number of aryl methyl sites for hydroxylation is 1. The number of nitrogen functional groups attached to an aromatic ring is 1. The number of nitrogens with two attached hydrogens (primary N) is 1. The lowest BCUT2D eigenvalue weighted by Crippen LogP contribution is -2.09. The van der Waals surface area contributed by atoms with Crippen molar-refractivity contribution in [3.63, 3.8) is 0 Å². The van der Waals surface area contributed by atoms with E-state index in [1.54, 1.807) is 6.20 Å². The smallest absolute Gasteiger partial charge is 0.158 e. The van der Waals surface area contributed by atoms with E-state index in [1.807, 2.05) is 25.1 Å². The molecule has 0 aliphatic rings. The summed E-state index contributed by atoms with van der Waals surface area (Å²) in [5, 5.41) is 0.586. The summed E-state index contributed by atoms with van der Waals surface area (Å²) in [5.74, 6) is 6.33. The average Bonchev–Trinajstić information content (AvgIpc) is 2.38. The van der Waals surface area contributed by atoms with E-state index in [-0.39, 0.29) is 0 Å². The summed E-state index contributed by atoms with van der Waals surface area (Å²) >= 11 is 6.06. The van der Waals surface area contributed by atoms with Crippen LogP contribution >= 0.6 is 11.6 Å². The van der Waals surface area contributed by atoms with Crippen LogP contribution in [0.3, 0.4) is 0 Å². The molecular formula is C12H13ClN4O. The topological polar surface area (TPSA) is 73.1 Å². The Morgan fingerprint density at radius 2 is 2.17 bits per heavy atom. The van der Waals surface area contributed by atoms with Gasteiger partial charge in [-0.15, -0.1) is 0 Å². The first-order valence-electron chi connectivity index (χ1n) is 5.35. The van der Waals surface area contributed by atoms with Gasteiger partial charge in [0.2, 0.25) is 0 Å². The monoisotopic (exact) mass is 264 g/mol. The van der Waals surface area contributed by atoms with Crippen LogP contribution in [0.25, 0.3) is 0 Å². The van der Waals surface area contributed by atoms with E-state index < -0.39 is 0 Å². The van der Waals surface area contributed by atoms with Gasteiger partial charge in [-0.1, -0.05) is 17.7 Å². The lowest BCUT2D eigenvalue weighted by Gasteiger charge is -2.08. The number of rotatable bonds is 4. The molecule has 0 radical (unpaired) electrons. The number of halogens is 1. The van der Waals surface area contributed by atoms with Gasteiger partial charge in [0.25, 0.3) is 0 Å². The molecule has 0 aliphatic carbocycles. The molecule has 3 N–H and O–H groups in total. The maximum absolute atomic E-state index is 6.06. The van der Waals surface area contributed by atoms with Gasteiger partial charge in [-0.3, -0.25) is 4.98 Å². The van der Waals surface area contributed by atoms with Crippen molar-refractivity contribution in [2.75, 3.05) is 5.43 Å². The third-order valence-corrected chi connectivity index (χ3v) is 2.61. The summed E-state index contributed by atoms with van der Waals surface area (Å²) in [4.78, 5) is 8.17. The summed E-state index contributed by atoms with van der Waals surface area (Å²) in [6, 6.07) is 5.62. The highest BCUT2D eigenvalue weighted by Crippen LogP contribution is 2.25. The van der Waals surface area contributed by atoms with E-state index in [4.69, 9.17) is 22.2 Å². The van der Waals surface area contributed by atoms with Gasteiger partial charge < -0.3 is 10.2 Å². The van der Waals surface area contributed by atoms with Crippen LogP contribution in [0, 0.1) is 6.92 Å². The molecule has 0 saturated carbocycles. The van der Waals surface area contributed by atoms with Crippen molar-refractivity contribution in [3.05, 3.63) is 46.9 Å². The Kier molecular flexibility index (Phi) is 3.96. The number of hydrogen-bond donors (Lipinski definition) is 2. The van der Waals surface area contributed by atoms with Gasteiger partial charge in [0, 0.05) is 0 Å². The first-order chi connectivity index (χ1) is 8.69. The zero-order valence-electron chi connectivity index (χ0n) is 9.85. The van der Waals surface area contributed by atoms with Crippen LogP contribution in [0.1, 0.15) is 11.3 Å². The number of anilines is 1. The van der Waals surface area contributed by atoms with Gasteiger partial charge in [0.15, 0.2) is 5.82 Å². The molecule has 1 aromatic carbocycles. The summed E-state index contributed by atoms with van der Waals surface area (Å²) in [6.45, 7) is 2.28. The molecule has 0 unspecified atom stereocenters. The van der Waals surface area contributed by atoms with E-state index in [2.05, 4.69) is 15.4 Å². The van der Waals surface area contributed by atoms with E-state index in [0.29, 0.717) is 28.9 Å². The Hall–Kier alpha value is -1.85. The van der Waals surface area contributed by atoms with E-state index >= 15 is 0 Å². The number of hydrazine groups is 1. The number of nitrogens with one attached hydrogen (secondary N) is 1. The number of aromatic nitrogens is 2. The Labute approximate surface area is 110 Å². The number of nitrogens with zero attached hydrogens (tertiary/aromatic N) is 2. The van der Waals surface area contributed by atoms with Gasteiger partial charge in [-0.2, -0.15) is 0 Å². The standard InChI is InChI=1S/C12H13ClN4O/c1-8-2-3-11(10(13)4-8)18-7-9-5-16-12(17-14)6-15-9/h2-6H,7,14H2,1H3,(H,16,17). The van der Waals surface area contributed by atoms with Gasteiger partial charge in [-0.05, 0) is 24.6 Å². The van der Waals surface area contributed by atoms with Crippen molar-refractivity contribution in [1.29, 1.82) is 0 Å². The van der Waals surface area contributed by atoms with Crippen LogP contribution in [0.2, 0.25) is 5.02 Å². The van der Waals surface area contributed by atoms with Crippen molar-refractivity contribution in [1.82, 2.24) is 9.97 Å². The molecule has 6 heteroatoms.